The van der Waals surface area contributed by atoms with Gasteiger partial charge in [0.1, 0.15) is 17.8 Å². The summed E-state index contributed by atoms with van der Waals surface area (Å²) in [5.74, 6) is 7.04. The van der Waals surface area contributed by atoms with Gasteiger partial charge in [-0.1, -0.05) is 25.0 Å². The molecule has 1 aromatic carbocycles. The highest BCUT2D eigenvalue weighted by molar-refractivity contribution is 5.76. The minimum absolute atomic E-state index is 0.204. The van der Waals surface area contributed by atoms with Gasteiger partial charge in [-0.25, -0.2) is 9.97 Å². The van der Waals surface area contributed by atoms with Gasteiger partial charge in [0.2, 0.25) is 5.88 Å². The van der Waals surface area contributed by atoms with E-state index in [1.165, 1.54) is 6.33 Å². The van der Waals surface area contributed by atoms with Crippen LogP contribution < -0.4 is 4.74 Å². The van der Waals surface area contributed by atoms with Gasteiger partial charge < -0.3 is 9.53 Å². The highest BCUT2D eigenvalue weighted by Crippen LogP contribution is 2.19. The SMILES string of the molecule is CCOc1cc(C#Cc2ccc(C(C)CC(C)=O)cc2)ncn1. The molecular weight excluding hydrogens is 288 g/mol. The Morgan fingerprint density at radius 2 is 1.96 bits per heavy atom. The molecule has 2 rings (SSSR count). The van der Waals surface area contributed by atoms with E-state index in [2.05, 4.69) is 28.7 Å². The molecular formula is C19H20N2O2. The first kappa shape index (κ1) is 16.7. The molecule has 0 radical (unpaired) electrons. The molecule has 1 heterocycles. The molecule has 4 nitrogen and oxygen atoms in total. The lowest BCUT2D eigenvalue weighted by Crippen LogP contribution is -2.00. The van der Waals surface area contributed by atoms with Crippen molar-refractivity contribution in [3.63, 3.8) is 0 Å². The van der Waals surface area contributed by atoms with Crippen LogP contribution >= 0.6 is 0 Å². The summed E-state index contributed by atoms with van der Waals surface area (Å²) in [6.07, 6.45) is 2.01. The van der Waals surface area contributed by atoms with Crippen molar-refractivity contribution < 1.29 is 9.53 Å². The van der Waals surface area contributed by atoms with Crippen LogP contribution in [0.2, 0.25) is 0 Å². The summed E-state index contributed by atoms with van der Waals surface area (Å²) in [4.78, 5) is 19.3. The zero-order chi connectivity index (χ0) is 16.7. The van der Waals surface area contributed by atoms with Gasteiger partial charge in [-0.05, 0) is 43.4 Å². The lowest BCUT2D eigenvalue weighted by atomic mass is 9.95. The number of ether oxygens (including phenoxy) is 1. The minimum atomic E-state index is 0.204. The van der Waals surface area contributed by atoms with Crippen molar-refractivity contribution in [2.75, 3.05) is 6.61 Å². The Balaban J connectivity index is 2.09. The molecule has 0 amide bonds. The van der Waals surface area contributed by atoms with Gasteiger partial charge in [0.15, 0.2) is 0 Å². The van der Waals surface area contributed by atoms with Crippen molar-refractivity contribution in [2.45, 2.75) is 33.1 Å². The smallest absolute Gasteiger partial charge is 0.217 e. The number of nitrogens with zero attached hydrogens (tertiary/aromatic N) is 2. The van der Waals surface area contributed by atoms with E-state index in [0.29, 0.717) is 24.6 Å². The highest BCUT2D eigenvalue weighted by Gasteiger charge is 2.07. The Morgan fingerprint density at radius 3 is 2.61 bits per heavy atom. The number of Topliss-reactive ketones (excluding diaryl/α,β-unsaturated/α-hetero) is 1. The summed E-state index contributed by atoms with van der Waals surface area (Å²) in [6.45, 7) is 6.14. The molecule has 0 saturated carbocycles. The fourth-order valence-corrected chi connectivity index (χ4v) is 2.21. The second-order valence-electron chi connectivity index (χ2n) is 5.35. The zero-order valence-electron chi connectivity index (χ0n) is 13.7. The maximum absolute atomic E-state index is 11.2. The summed E-state index contributed by atoms with van der Waals surface area (Å²) >= 11 is 0. The Hall–Kier alpha value is -2.67. The van der Waals surface area contributed by atoms with Gasteiger partial charge >= 0.3 is 0 Å². The van der Waals surface area contributed by atoms with Crippen molar-refractivity contribution in [3.8, 4) is 17.7 Å². The van der Waals surface area contributed by atoms with E-state index in [9.17, 15) is 4.79 Å². The summed E-state index contributed by atoms with van der Waals surface area (Å²) in [6, 6.07) is 9.68. The van der Waals surface area contributed by atoms with Crippen LogP contribution in [0.4, 0.5) is 0 Å². The standard InChI is InChI=1S/C19H20N2O2/c1-4-23-19-12-18(20-13-21-19)10-7-16-5-8-17(9-6-16)14(2)11-15(3)22/h5-6,8-9,12-14H,4,11H2,1-3H3. The fourth-order valence-electron chi connectivity index (χ4n) is 2.21. The van der Waals surface area contributed by atoms with Crippen LogP contribution in [0.1, 0.15) is 49.9 Å². The predicted octanol–water partition coefficient (Wildman–Crippen LogP) is 3.36. The fraction of sp³-hybridized carbons (Fsp3) is 0.316. The van der Waals surface area contributed by atoms with Crippen LogP contribution in [-0.4, -0.2) is 22.4 Å². The molecule has 2 aromatic rings. The van der Waals surface area contributed by atoms with E-state index in [1.54, 1.807) is 13.0 Å². The molecule has 0 spiro atoms. The van der Waals surface area contributed by atoms with Crippen LogP contribution in [0.25, 0.3) is 0 Å². The van der Waals surface area contributed by atoms with Crippen molar-refractivity contribution in [1.29, 1.82) is 0 Å². The average molecular weight is 308 g/mol. The Kier molecular flexibility index (Phi) is 5.87. The molecule has 0 bridgehead atoms. The maximum atomic E-state index is 11.2. The summed E-state index contributed by atoms with van der Waals surface area (Å²) < 4.78 is 5.33. The van der Waals surface area contributed by atoms with E-state index in [0.717, 1.165) is 11.1 Å². The first-order chi connectivity index (χ1) is 11.1. The van der Waals surface area contributed by atoms with Gasteiger partial charge in [0.25, 0.3) is 0 Å². The maximum Gasteiger partial charge on any atom is 0.217 e. The number of hydrogen-bond donors (Lipinski definition) is 0. The minimum Gasteiger partial charge on any atom is -0.478 e. The summed E-state index contributed by atoms with van der Waals surface area (Å²) in [7, 11) is 0. The highest BCUT2D eigenvalue weighted by atomic mass is 16.5. The first-order valence-electron chi connectivity index (χ1n) is 7.64. The van der Waals surface area contributed by atoms with Crippen LogP contribution in [0.3, 0.4) is 0 Å². The summed E-state index contributed by atoms with van der Waals surface area (Å²) in [5.41, 5.74) is 2.67. The quantitative estimate of drug-likeness (QED) is 0.795. The van der Waals surface area contributed by atoms with Gasteiger partial charge in [0.05, 0.1) is 6.61 Å². The van der Waals surface area contributed by atoms with Crippen molar-refractivity contribution >= 4 is 5.78 Å². The lowest BCUT2D eigenvalue weighted by molar-refractivity contribution is -0.117. The van der Waals surface area contributed by atoms with Crippen molar-refractivity contribution in [1.82, 2.24) is 9.97 Å². The molecule has 0 N–H and O–H groups in total. The molecule has 0 saturated heterocycles. The third-order valence-corrected chi connectivity index (χ3v) is 3.34. The van der Waals surface area contributed by atoms with E-state index in [4.69, 9.17) is 4.74 Å². The van der Waals surface area contributed by atoms with Gasteiger partial charge in [-0.15, -0.1) is 0 Å². The Bertz CT molecular complexity index is 727. The monoisotopic (exact) mass is 308 g/mol. The molecule has 0 fully saturated rings. The third kappa shape index (κ3) is 5.23. The van der Waals surface area contributed by atoms with Crippen molar-refractivity contribution in [2.24, 2.45) is 0 Å². The van der Waals surface area contributed by atoms with Crippen LogP contribution in [0.15, 0.2) is 36.7 Å². The molecule has 1 unspecified atom stereocenters. The second-order valence-corrected chi connectivity index (χ2v) is 5.35. The molecule has 4 heteroatoms. The molecule has 1 aromatic heterocycles. The normalized spacial score (nSPS) is 11.3. The predicted molar refractivity (Wildman–Crippen MR) is 89.3 cm³/mol. The van der Waals surface area contributed by atoms with Crippen molar-refractivity contribution in [3.05, 3.63) is 53.5 Å². The van der Waals surface area contributed by atoms with Gasteiger partial charge in [0, 0.05) is 18.1 Å². The third-order valence-electron chi connectivity index (χ3n) is 3.34. The van der Waals surface area contributed by atoms with Crippen LogP contribution in [0.5, 0.6) is 5.88 Å². The Labute approximate surface area is 136 Å². The van der Waals surface area contributed by atoms with Gasteiger partial charge in [-0.2, -0.15) is 0 Å². The summed E-state index contributed by atoms with van der Waals surface area (Å²) in [5, 5.41) is 0. The van der Waals surface area contributed by atoms with E-state index in [1.807, 2.05) is 31.2 Å². The van der Waals surface area contributed by atoms with Crippen LogP contribution in [0, 0.1) is 11.8 Å². The van der Waals surface area contributed by atoms with E-state index < -0.39 is 0 Å². The second kappa shape index (κ2) is 8.09. The Morgan fingerprint density at radius 1 is 1.22 bits per heavy atom. The molecule has 0 aliphatic carbocycles. The largest absolute Gasteiger partial charge is 0.478 e. The van der Waals surface area contributed by atoms with Crippen LogP contribution in [-0.2, 0) is 4.79 Å². The van der Waals surface area contributed by atoms with E-state index in [-0.39, 0.29) is 11.7 Å². The average Bonchev–Trinajstić information content (AvgIpc) is 2.53. The van der Waals surface area contributed by atoms with Gasteiger partial charge in [-0.3, -0.25) is 0 Å². The number of ketones is 1. The number of carbonyl (C=O) groups excluding carboxylic acids is 1. The number of rotatable bonds is 5. The van der Waals surface area contributed by atoms with E-state index >= 15 is 0 Å². The zero-order valence-corrected chi connectivity index (χ0v) is 13.7. The molecule has 0 aliphatic rings. The first-order valence-corrected chi connectivity index (χ1v) is 7.64. The number of aromatic nitrogens is 2. The number of hydrogen-bond acceptors (Lipinski definition) is 4. The topological polar surface area (TPSA) is 52.1 Å². The molecule has 1 atom stereocenters. The lowest BCUT2D eigenvalue weighted by Gasteiger charge is -2.09. The molecule has 23 heavy (non-hydrogen) atoms. The number of benzene rings is 1. The number of carbonyl (C=O) groups is 1. The molecule has 0 aliphatic heterocycles. The molecule has 118 valence electrons.